The summed E-state index contributed by atoms with van der Waals surface area (Å²) in [6, 6.07) is 3.54. The minimum Gasteiger partial charge on any atom is -0.493 e. The number of ether oxygens (including phenoxy) is 2. The van der Waals surface area contributed by atoms with Crippen molar-refractivity contribution in [1.82, 2.24) is 14.9 Å². The van der Waals surface area contributed by atoms with Crippen LogP contribution in [-0.4, -0.2) is 35.7 Å². The number of amides is 1. The number of aryl methyl sites for hydroxylation is 1. The highest BCUT2D eigenvalue weighted by Gasteiger charge is 2.12. The number of benzene rings is 1. The van der Waals surface area contributed by atoms with Crippen molar-refractivity contribution >= 4 is 16.8 Å². The summed E-state index contributed by atoms with van der Waals surface area (Å²) in [5, 5.41) is 3.47. The molecule has 1 aromatic heterocycles. The van der Waals surface area contributed by atoms with Gasteiger partial charge in [-0.1, -0.05) is 13.8 Å². The second-order valence-corrected chi connectivity index (χ2v) is 6.15. The van der Waals surface area contributed by atoms with Crippen LogP contribution in [0.1, 0.15) is 39.5 Å². The standard InChI is InChI=1S/C19H27N3O4/c1-5-13(6-2)21-18(23)8-7-9-22-12-20-15-11-17(26-4)16(25-3)10-14(15)19(22)24/h10-13H,5-9H2,1-4H3,(H,21,23). The molecule has 0 fully saturated rings. The molecule has 0 atom stereocenters. The Morgan fingerprint density at radius 2 is 1.85 bits per heavy atom. The van der Waals surface area contributed by atoms with Gasteiger partial charge >= 0.3 is 0 Å². The smallest absolute Gasteiger partial charge is 0.261 e. The molecular weight excluding hydrogens is 334 g/mol. The molecule has 0 spiro atoms. The fourth-order valence-corrected chi connectivity index (χ4v) is 2.85. The Kier molecular flexibility index (Phi) is 7.00. The molecule has 26 heavy (non-hydrogen) atoms. The quantitative estimate of drug-likeness (QED) is 0.742. The third kappa shape index (κ3) is 4.53. The lowest BCUT2D eigenvalue weighted by Crippen LogP contribution is -2.33. The molecule has 0 aliphatic carbocycles. The Bertz CT molecular complexity index is 812. The summed E-state index contributed by atoms with van der Waals surface area (Å²) in [5.74, 6) is 1.04. The first-order chi connectivity index (χ1) is 12.5. The van der Waals surface area contributed by atoms with Gasteiger partial charge in [0.15, 0.2) is 11.5 Å². The largest absolute Gasteiger partial charge is 0.493 e. The zero-order valence-electron chi connectivity index (χ0n) is 15.9. The molecule has 1 aromatic carbocycles. The van der Waals surface area contributed by atoms with Crippen molar-refractivity contribution < 1.29 is 14.3 Å². The van der Waals surface area contributed by atoms with Crippen molar-refractivity contribution in [2.24, 2.45) is 0 Å². The van der Waals surface area contributed by atoms with E-state index >= 15 is 0 Å². The van der Waals surface area contributed by atoms with Gasteiger partial charge in [0.2, 0.25) is 5.91 Å². The fraction of sp³-hybridized carbons (Fsp3) is 0.526. The number of hydrogen-bond acceptors (Lipinski definition) is 5. The van der Waals surface area contributed by atoms with E-state index in [1.165, 1.54) is 25.1 Å². The summed E-state index contributed by atoms with van der Waals surface area (Å²) >= 11 is 0. The number of methoxy groups -OCH3 is 2. The highest BCUT2D eigenvalue weighted by atomic mass is 16.5. The predicted molar refractivity (Wildman–Crippen MR) is 101 cm³/mol. The maximum atomic E-state index is 12.7. The van der Waals surface area contributed by atoms with Crippen LogP contribution in [0.4, 0.5) is 0 Å². The van der Waals surface area contributed by atoms with E-state index in [1.807, 2.05) is 0 Å². The lowest BCUT2D eigenvalue weighted by atomic mass is 10.1. The van der Waals surface area contributed by atoms with Crippen molar-refractivity contribution in [3.8, 4) is 11.5 Å². The molecule has 0 saturated heterocycles. The molecule has 0 bridgehead atoms. The van der Waals surface area contributed by atoms with Gasteiger partial charge in [-0.15, -0.1) is 0 Å². The van der Waals surface area contributed by atoms with E-state index in [4.69, 9.17) is 9.47 Å². The fourth-order valence-electron chi connectivity index (χ4n) is 2.85. The van der Waals surface area contributed by atoms with Crippen molar-refractivity contribution in [3.63, 3.8) is 0 Å². The molecule has 0 unspecified atom stereocenters. The number of nitrogens with zero attached hydrogens (tertiary/aromatic N) is 2. The lowest BCUT2D eigenvalue weighted by molar-refractivity contribution is -0.122. The van der Waals surface area contributed by atoms with Gasteiger partial charge in [0.1, 0.15) is 0 Å². The number of carbonyl (C=O) groups excluding carboxylic acids is 1. The monoisotopic (exact) mass is 361 g/mol. The first-order valence-electron chi connectivity index (χ1n) is 8.94. The van der Waals surface area contributed by atoms with Crippen LogP contribution in [-0.2, 0) is 11.3 Å². The van der Waals surface area contributed by atoms with Crippen molar-refractivity contribution in [3.05, 3.63) is 28.8 Å². The molecule has 0 aliphatic heterocycles. The number of aromatic nitrogens is 2. The highest BCUT2D eigenvalue weighted by molar-refractivity contribution is 5.81. The van der Waals surface area contributed by atoms with Crippen molar-refractivity contribution in [2.75, 3.05) is 14.2 Å². The molecule has 1 heterocycles. The summed E-state index contributed by atoms with van der Waals surface area (Å²) < 4.78 is 12.0. The number of fused-ring (bicyclic) bond motifs is 1. The van der Waals surface area contributed by atoms with Crippen LogP contribution < -0.4 is 20.3 Å². The Morgan fingerprint density at radius 1 is 1.19 bits per heavy atom. The zero-order valence-corrected chi connectivity index (χ0v) is 15.9. The Balaban J connectivity index is 2.10. The number of carbonyl (C=O) groups is 1. The van der Waals surface area contributed by atoms with E-state index in [9.17, 15) is 9.59 Å². The van der Waals surface area contributed by atoms with Gasteiger partial charge < -0.3 is 14.8 Å². The summed E-state index contributed by atoms with van der Waals surface area (Å²) in [5.41, 5.74) is 0.395. The summed E-state index contributed by atoms with van der Waals surface area (Å²) in [7, 11) is 3.06. The maximum absolute atomic E-state index is 12.7. The minimum atomic E-state index is -0.156. The van der Waals surface area contributed by atoms with Gasteiger partial charge in [0, 0.05) is 25.1 Å². The van der Waals surface area contributed by atoms with E-state index in [0.29, 0.717) is 41.8 Å². The van der Waals surface area contributed by atoms with Gasteiger partial charge in [-0.05, 0) is 25.3 Å². The maximum Gasteiger partial charge on any atom is 0.261 e. The van der Waals surface area contributed by atoms with E-state index < -0.39 is 0 Å². The van der Waals surface area contributed by atoms with Crippen LogP contribution in [0.3, 0.4) is 0 Å². The Hall–Kier alpha value is -2.57. The van der Waals surface area contributed by atoms with Crippen LogP contribution in [0.25, 0.3) is 10.9 Å². The third-order valence-corrected chi connectivity index (χ3v) is 4.48. The third-order valence-electron chi connectivity index (χ3n) is 4.48. The minimum absolute atomic E-state index is 0.0203. The van der Waals surface area contributed by atoms with E-state index in [1.54, 1.807) is 12.1 Å². The molecule has 7 heteroatoms. The van der Waals surface area contributed by atoms with Crippen LogP contribution in [0, 0.1) is 0 Å². The van der Waals surface area contributed by atoms with E-state index in [2.05, 4.69) is 24.1 Å². The van der Waals surface area contributed by atoms with Gasteiger partial charge in [0.25, 0.3) is 5.56 Å². The lowest BCUT2D eigenvalue weighted by Gasteiger charge is -2.14. The second-order valence-electron chi connectivity index (χ2n) is 6.15. The van der Waals surface area contributed by atoms with Crippen molar-refractivity contribution in [1.29, 1.82) is 0 Å². The van der Waals surface area contributed by atoms with Crippen LogP contribution in [0.15, 0.2) is 23.3 Å². The number of hydrogen-bond donors (Lipinski definition) is 1. The van der Waals surface area contributed by atoms with Gasteiger partial charge in [-0.2, -0.15) is 0 Å². The molecule has 7 nitrogen and oxygen atoms in total. The van der Waals surface area contributed by atoms with Crippen LogP contribution in [0.5, 0.6) is 11.5 Å². The number of rotatable bonds is 9. The van der Waals surface area contributed by atoms with E-state index in [0.717, 1.165) is 12.8 Å². The Labute approximate surface area is 153 Å². The molecule has 0 aliphatic rings. The first kappa shape index (κ1) is 19.8. The van der Waals surface area contributed by atoms with Crippen LogP contribution in [0.2, 0.25) is 0 Å². The van der Waals surface area contributed by atoms with Gasteiger partial charge in [-0.3, -0.25) is 14.2 Å². The normalized spacial score (nSPS) is 11.0. The van der Waals surface area contributed by atoms with Gasteiger partial charge in [-0.25, -0.2) is 4.98 Å². The molecular formula is C19H27N3O4. The molecule has 142 valence electrons. The second kappa shape index (κ2) is 9.22. The average molecular weight is 361 g/mol. The predicted octanol–water partition coefficient (Wildman–Crippen LogP) is 2.50. The van der Waals surface area contributed by atoms with Crippen molar-refractivity contribution in [2.45, 2.75) is 52.1 Å². The molecule has 0 radical (unpaired) electrons. The molecule has 1 amide bonds. The first-order valence-corrected chi connectivity index (χ1v) is 8.94. The molecule has 0 saturated carbocycles. The van der Waals surface area contributed by atoms with Gasteiger partial charge in [0.05, 0.1) is 31.4 Å². The van der Waals surface area contributed by atoms with E-state index in [-0.39, 0.29) is 17.5 Å². The topological polar surface area (TPSA) is 82.5 Å². The summed E-state index contributed by atoms with van der Waals surface area (Å²) in [4.78, 5) is 29.0. The Morgan fingerprint density at radius 3 is 2.46 bits per heavy atom. The van der Waals surface area contributed by atoms with Crippen LogP contribution >= 0.6 is 0 Å². The molecule has 1 N–H and O–H groups in total. The molecule has 2 rings (SSSR count). The summed E-state index contributed by atoms with van der Waals surface area (Å²) in [6.45, 7) is 4.54. The highest BCUT2D eigenvalue weighted by Crippen LogP contribution is 2.29. The summed E-state index contributed by atoms with van der Waals surface area (Å²) in [6.07, 6.45) is 4.30. The average Bonchev–Trinajstić information content (AvgIpc) is 2.66. The number of nitrogens with one attached hydrogen (secondary N) is 1. The zero-order chi connectivity index (χ0) is 19.1. The SMILES string of the molecule is CCC(CC)NC(=O)CCCn1cnc2cc(OC)c(OC)cc2c1=O. The molecule has 2 aromatic rings.